The van der Waals surface area contributed by atoms with Crippen molar-refractivity contribution in [3.05, 3.63) is 28.8 Å². The van der Waals surface area contributed by atoms with E-state index in [2.05, 4.69) is 15.0 Å². The predicted octanol–water partition coefficient (Wildman–Crippen LogP) is 2.79. The fourth-order valence-corrected chi connectivity index (χ4v) is 4.37. The van der Waals surface area contributed by atoms with E-state index in [0.717, 1.165) is 11.3 Å². The smallest absolute Gasteiger partial charge is 0.350 e. The van der Waals surface area contributed by atoms with Crippen molar-refractivity contribution in [1.29, 1.82) is 0 Å². The lowest BCUT2D eigenvalue weighted by atomic mass is 10.3. The van der Waals surface area contributed by atoms with Crippen LogP contribution in [0.1, 0.15) is 36.1 Å². The molecule has 0 bridgehead atoms. The van der Waals surface area contributed by atoms with Gasteiger partial charge in [0.2, 0.25) is 5.91 Å². The second-order valence-corrected chi connectivity index (χ2v) is 8.21. The molecule has 0 unspecified atom stereocenters. The monoisotopic (exact) mass is 427 g/mol. The molecule has 28 heavy (non-hydrogen) atoms. The molecule has 0 aliphatic carbocycles. The molecule has 0 saturated heterocycles. The van der Waals surface area contributed by atoms with E-state index in [9.17, 15) is 18.0 Å². The van der Waals surface area contributed by atoms with E-state index in [0.29, 0.717) is 18.1 Å². The molecule has 0 atom stereocenters. The molecule has 1 heterocycles. The lowest BCUT2D eigenvalue weighted by Gasteiger charge is -2.13. The highest BCUT2D eigenvalue weighted by Gasteiger charge is 2.22. The van der Waals surface area contributed by atoms with Crippen molar-refractivity contribution in [2.24, 2.45) is 0 Å². The number of anilines is 2. The Balaban J connectivity index is 2.33. The number of benzene rings is 1. The number of ether oxygens (including phenoxy) is 2. The Labute approximate surface area is 167 Å². The van der Waals surface area contributed by atoms with Crippen molar-refractivity contribution in [2.75, 3.05) is 23.3 Å². The van der Waals surface area contributed by atoms with Gasteiger partial charge in [0.25, 0.3) is 10.0 Å². The molecule has 0 aliphatic rings. The third kappa shape index (κ3) is 5.20. The molecule has 0 radical (unpaired) electrons. The van der Waals surface area contributed by atoms with Crippen LogP contribution in [0.25, 0.3) is 0 Å². The van der Waals surface area contributed by atoms with Gasteiger partial charge in [-0.05, 0) is 39.0 Å². The number of aromatic nitrogens is 1. The molecular formula is C17H21N3O6S2. The third-order valence-corrected chi connectivity index (χ3v) is 5.87. The number of nitrogens with zero attached hydrogens (tertiary/aromatic N) is 1. The van der Waals surface area contributed by atoms with Crippen LogP contribution in [-0.2, 0) is 19.6 Å². The minimum atomic E-state index is -4.01. The van der Waals surface area contributed by atoms with Gasteiger partial charge in [-0.3, -0.25) is 9.52 Å². The summed E-state index contributed by atoms with van der Waals surface area (Å²) in [5, 5.41) is 2.58. The normalized spacial score (nSPS) is 11.0. The van der Waals surface area contributed by atoms with Crippen molar-refractivity contribution < 1.29 is 27.5 Å². The quantitative estimate of drug-likeness (QED) is 0.621. The fourth-order valence-electron chi connectivity index (χ4n) is 2.24. The molecule has 1 amide bonds. The Morgan fingerprint density at radius 1 is 1.21 bits per heavy atom. The van der Waals surface area contributed by atoms with Crippen molar-refractivity contribution in [3.8, 4) is 5.75 Å². The minimum Gasteiger partial charge on any atom is -0.492 e. The maximum atomic E-state index is 12.7. The molecule has 2 aromatic rings. The maximum absolute atomic E-state index is 12.7. The van der Waals surface area contributed by atoms with Gasteiger partial charge in [-0.15, -0.1) is 0 Å². The summed E-state index contributed by atoms with van der Waals surface area (Å²) in [6.45, 7) is 6.91. The molecule has 0 aliphatic heterocycles. The lowest BCUT2D eigenvalue weighted by molar-refractivity contribution is -0.114. The molecule has 2 rings (SSSR count). The van der Waals surface area contributed by atoms with E-state index in [4.69, 9.17) is 9.47 Å². The summed E-state index contributed by atoms with van der Waals surface area (Å²) in [7, 11) is -4.01. The largest absolute Gasteiger partial charge is 0.492 e. The van der Waals surface area contributed by atoms with E-state index in [1.807, 2.05) is 0 Å². The SMILES string of the molecule is CCOC(=O)c1sc(NS(=O)(=O)c2ccc(OCC)c(NC(C)=O)c2)nc1C. The fraction of sp³-hybridized carbons (Fsp3) is 0.353. The van der Waals surface area contributed by atoms with E-state index >= 15 is 0 Å². The van der Waals surface area contributed by atoms with Gasteiger partial charge >= 0.3 is 5.97 Å². The molecule has 1 aromatic heterocycles. The first-order valence-electron chi connectivity index (χ1n) is 8.39. The highest BCUT2D eigenvalue weighted by Crippen LogP contribution is 2.30. The number of aryl methyl sites for hydroxylation is 1. The van der Waals surface area contributed by atoms with Gasteiger partial charge in [0.05, 0.1) is 29.5 Å². The first-order valence-corrected chi connectivity index (χ1v) is 10.7. The van der Waals surface area contributed by atoms with Crippen molar-refractivity contribution >= 4 is 44.1 Å². The summed E-state index contributed by atoms with van der Waals surface area (Å²) in [5.41, 5.74) is 0.603. The highest BCUT2D eigenvalue weighted by molar-refractivity contribution is 7.93. The Morgan fingerprint density at radius 2 is 1.93 bits per heavy atom. The second kappa shape index (κ2) is 9.02. The van der Waals surface area contributed by atoms with Gasteiger partial charge in [-0.2, -0.15) is 0 Å². The van der Waals surface area contributed by atoms with Crippen LogP contribution in [0.3, 0.4) is 0 Å². The molecule has 0 saturated carbocycles. The Kier molecular flexibility index (Phi) is 6.97. The van der Waals surface area contributed by atoms with Gasteiger partial charge in [0.1, 0.15) is 10.6 Å². The van der Waals surface area contributed by atoms with Gasteiger partial charge in [-0.1, -0.05) is 11.3 Å². The molecule has 9 nitrogen and oxygen atoms in total. The number of amides is 1. The second-order valence-electron chi connectivity index (χ2n) is 5.53. The van der Waals surface area contributed by atoms with Gasteiger partial charge in [0, 0.05) is 6.92 Å². The number of carbonyl (C=O) groups excluding carboxylic acids is 2. The first-order chi connectivity index (χ1) is 13.2. The van der Waals surface area contributed by atoms with Crippen LogP contribution in [0.4, 0.5) is 10.8 Å². The Hall–Kier alpha value is -2.66. The van der Waals surface area contributed by atoms with Gasteiger partial charge < -0.3 is 14.8 Å². The highest BCUT2D eigenvalue weighted by atomic mass is 32.2. The molecule has 152 valence electrons. The van der Waals surface area contributed by atoms with Crippen LogP contribution in [0.5, 0.6) is 5.75 Å². The molecule has 0 spiro atoms. The van der Waals surface area contributed by atoms with Crippen molar-refractivity contribution in [1.82, 2.24) is 4.98 Å². The van der Waals surface area contributed by atoms with Crippen LogP contribution in [0.15, 0.2) is 23.1 Å². The summed E-state index contributed by atoms with van der Waals surface area (Å²) in [4.78, 5) is 27.5. The van der Waals surface area contributed by atoms with Crippen LogP contribution < -0.4 is 14.8 Å². The van der Waals surface area contributed by atoms with E-state index in [1.165, 1.54) is 25.1 Å². The minimum absolute atomic E-state index is 0.0375. The number of nitrogens with one attached hydrogen (secondary N) is 2. The summed E-state index contributed by atoms with van der Waals surface area (Å²) in [5.74, 6) is -0.568. The van der Waals surface area contributed by atoms with E-state index in [-0.39, 0.29) is 33.1 Å². The average Bonchev–Trinajstić information content (AvgIpc) is 2.96. The third-order valence-electron chi connectivity index (χ3n) is 3.35. The van der Waals surface area contributed by atoms with Crippen LogP contribution in [0.2, 0.25) is 0 Å². The van der Waals surface area contributed by atoms with Crippen molar-refractivity contribution in [3.63, 3.8) is 0 Å². The number of sulfonamides is 1. The number of carbonyl (C=O) groups is 2. The average molecular weight is 428 g/mol. The van der Waals surface area contributed by atoms with Gasteiger partial charge in [-0.25, -0.2) is 18.2 Å². The zero-order chi connectivity index (χ0) is 20.9. The van der Waals surface area contributed by atoms with Crippen molar-refractivity contribution in [2.45, 2.75) is 32.6 Å². The van der Waals surface area contributed by atoms with Crippen LogP contribution in [-0.4, -0.2) is 38.5 Å². The number of esters is 1. The number of thiazole rings is 1. The lowest BCUT2D eigenvalue weighted by Crippen LogP contribution is -2.14. The first kappa shape index (κ1) is 21.6. The molecule has 2 N–H and O–H groups in total. The van der Waals surface area contributed by atoms with E-state index in [1.54, 1.807) is 20.8 Å². The van der Waals surface area contributed by atoms with Crippen LogP contribution >= 0.6 is 11.3 Å². The summed E-state index contributed by atoms with van der Waals surface area (Å²) < 4.78 is 38.1. The summed E-state index contributed by atoms with van der Waals surface area (Å²) in [6, 6.07) is 4.10. The predicted molar refractivity (Wildman–Crippen MR) is 106 cm³/mol. The zero-order valence-electron chi connectivity index (χ0n) is 15.9. The topological polar surface area (TPSA) is 124 Å². The Bertz CT molecular complexity index is 985. The molecule has 0 fully saturated rings. The van der Waals surface area contributed by atoms with E-state index < -0.39 is 16.0 Å². The summed E-state index contributed by atoms with van der Waals surface area (Å²) >= 11 is 0.885. The molecule has 1 aromatic carbocycles. The zero-order valence-corrected chi connectivity index (χ0v) is 17.5. The number of rotatable bonds is 8. The van der Waals surface area contributed by atoms with Crippen LogP contribution in [0, 0.1) is 6.92 Å². The number of hydrogen-bond acceptors (Lipinski definition) is 8. The van der Waals surface area contributed by atoms with Gasteiger partial charge in [0.15, 0.2) is 5.13 Å². The number of hydrogen-bond donors (Lipinski definition) is 2. The molecule has 11 heteroatoms. The Morgan fingerprint density at radius 3 is 2.54 bits per heavy atom. The standard InChI is InChI=1S/C17H21N3O6S2/c1-5-25-14-8-7-12(9-13(14)19-11(4)21)28(23,24)20-17-18-10(3)15(27-17)16(22)26-6-2/h7-9H,5-6H2,1-4H3,(H,18,20)(H,19,21). The molecular weight excluding hydrogens is 406 g/mol. The maximum Gasteiger partial charge on any atom is 0.350 e. The summed E-state index contributed by atoms with van der Waals surface area (Å²) in [6.07, 6.45) is 0.